The summed E-state index contributed by atoms with van der Waals surface area (Å²) in [7, 11) is 0. The topological polar surface area (TPSA) is 34.9 Å². The lowest BCUT2D eigenvalue weighted by Crippen LogP contribution is -2.14. The Morgan fingerprint density at radius 3 is 2.40 bits per heavy atom. The second-order valence-corrected chi connectivity index (χ2v) is 6.02. The van der Waals surface area contributed by atoms with E-state index < -0.39 is 0 Å². The van der Waals surface area contributed by atoms with Crippen molar-refractivity contribution in [2.45, 2.75) is 40.7 Å². The van der Waals surface area contributed by atoms with Gasteiger partial charge in [-0.3, -0.25) is 9.48 Å². The van der Waals surface area contributed by atoms with Crippen LogP contribution < -0.4 is 0 Å². The molecule has 1 aromatic heterocycles. The molecule has 0 unspecified atom stereocenters. The molecule has 4 heteroatoms. The van der Waals surface area contributed by atoms with Gasteiger partial charge in [-0.05, 0) is 54.2 Å². The van der Waals surface area contributed by atoms with E-state index in [1.807, 2.05) is 20.8 Å². The van der Waals surface area contributed by atoms with Crippen LogP contribution in [0.1, 0.15) is 46.1 Å². The summed E-state index contributed by atoms with van der Waals surface area (Å²) in [6.07, 6.45) is 2.64. The van der Waals surface area contributed by atoms with Gasteiger partial charge in [-0.15, -0.1) is 0 Å². The summed E-state index contributed by atoms with van der Waals surface area (Å²) in [4.78, 5) is 12.9. The fourth-order valence-electron chi connectivity index (χ4n) is 2.63. The van der Waals surface area contributed by atoms with E-state index >= 15 is 0 Å². The average molecular weight is 335 g/mol. The van der Waals surface area contributed by atoms with Crippen LogP contribution in [0, 0.1) is 20.8 Å². The van der Waals surface area contributed by atoms with Crippen molar-refractivity contribution >= 4 is 21.7 Å². The number of carbonyl (C=O) groups excluding carboxylic acids is 1. The molecule has 20 heavy (non-hydrogen) atoms. The van der Waals surface area contributed by atoms with E-state index in [1.54, 1.807) is 10.9 Å². The lowest BCUT2D eigenvalue weighted by Gasteiger charge is -2.12. The molecule has 0 radical (unpaired) electrons. The third-order valence-corrected chi connectivity index (χ3v) is 3.93. The van der Waals surface area contributed by atoms with E-state index in [9.17, 15) is 4.79 Å². The first kappa shape index (κ1) is 15.0. The van der Waals surface area contributed by atoms with E-state index in [4.69, 9.17) is 0 Å². The van der Waals surface area contributed by atoms with Crippen molar-refractivity contribution in [3.8, 4) is 0 Å². The highest BCUT2D eigenvalue weighted by Gasteiger charge is 2.21. The largest absolute Gasteiger partial charge is 0.287 e. The Morgan fingerprint density at radius 1 is 1.25 bits per heavy atom. The van der Waals surface area contributed by atoms with Crippen molar-refractivity contribution in [3.05, 3.63) is 50.8 Å². The molecule has 0 aliphatic heterocycles. The lowest BCUT2D eigenvalue weighted by molar-refractivity contribution is 0.102. The Morgan fingerprint density at radius 2 is 1.85 bits per heavy atom. The van der Waals surface area contributed by atoms with Crippen LogP contribution in [0.4, 0.5) is 0 Å². The maximum atomic E-state index is 12.9. The van der Waals surface area contributed by atoms with Crippen molar-refractivity contribution < 1.29 is 4.79 Å². The van der Waals surface area contributed by atoms with E-state index in [0.29, 0.717) is 5.69 Å². The maximum Gasteiger partial charge on any atom is 0.212 e. The molecule has 1 aromatic carbocycles. The van der Waals surface area contributed by atoms with Crippen LogP contribution in [0.25, 0.3) is 0 Å². The normalized spacial score (nSPS) is 10.8. The summed E-state index contributed by atoms with van der Waals surface area (Å²) in [6, 6.07) is 4.10. The molecular weight excluding hydrogens is 316 g/mol. The number of ketones is 1. The van der Waals surface area contributed by atoms with Crippen molar-refractivity contribution in [1.29, 1.82) is 0 Å². The van der Waals surface area contributed by atoms with Gasteiger partial charge in [-0.2, -0.15) is 5.10 Å². The van der Waals surface area contributed by atoms with Crippen molar-refractivity contribution in [3.63, 3.8) is 0 Å². The van der Waals surface area contributed by atoms with Gasteiger partial charge in [0, 0.05) is 12.1 Å². The predicted molar refractivity (Wildman–Crippen MR) is 84.3 cm³/mol. The zero-order valence-electron chi connectivity index (χ0n) is 12.3. The number of aromatic nitrogens is 2. The van der Waals surface area contributed by atoms with Crippen LogP contribution in [0.2, 0.25) is 0 Å². The molecular formula is C16H19BrN2O. The van der Waals surface area contributed by atoms with Crippen LogP contribution in [0.15, 0.2) is 22.8 Å². The van der Waals surface area contributed by atoms with Gasteiger partial charge < -0.3 is 0 Å². The van der Waals surface area contributed by atoms with Gasteiger partial charge in [-0.1, -0.05) is 24.6 Å². The van der Waals surface area contributed by atoms with Gasteiger partial charge in [0.1, 0.15) is 5.69 Å². The van der Waals surface area contributed by atoms with Crippen LogP contribution in [0.3, 0.4) is 0 Å². The smallest absolute Gasteiger partial charge is 0.212 e. The Labute approximate surface area is 128 Å². The van der Waals surface area contributed by atoms with Gasteiger partial charge >= 0.3 is 0 Å². The third-order valence-electron chi connectivity index (χ3n) is 3.35. The minimum absolute atomic E-state index is 0.0397. The molecule has 0 saturated carbocycles. The minimum atomic E-state index is 0.0397. The molecule has 0 aliphatic rings. The third kappa shape index (κ3) is 2.70. The van der Waals surface area contributed by atoms with Crippen molar-refractivity contribution in [1.82, 2.24) is 9.78 Å². The highest BCUT2D eigenvalue weighted by molar-refractivity contribution is 9.10. The monoisotopic (exact) mass is 334 g/mol. The minimum Gasteiger partial charge on any atom is -0.287 e. The molecule has 0 amide bonds. The fourth-order valence-corrected chi connectivity index (χ4v) is 3.10. The zero-order chi connectivity index (χ0) is 14.9. The van der Waals surface area contributed by atoms with E-state index in [2.05, 4.69) is 40.1 Å². The molecule has 2 rings (SSSR count). The van der Waals surface area contributed by atoms with Gasteiger partial charge in [-0.25, -0.2) is 0 Å². The van der Waals surface area contributed by atoms with E-state index in [1.165, 1.54) is 5.56 Å². The first-order chi connectivity index (χ1) is 9.45. The molecule has 106 valence electrons. The number of carbonyl (C=O) groups is 1. The molecule has 1 heterocycles. The number of aryl methyl sites for hydroxylation is 4. The summed E-state index contributed by atoms with van der Waals surface area (Å²) >= 11 is 3.44. The number of nitrogens with zero attached hydrogens (tertiary/aromatic N) is 2. The number of rotatable bonds is 4. The SMILES string of the molecule is CCCn1ncc(Br)c1C(=O)c1c(C)cc(C)cc1C. The highest BCUT2D eigenvalue weighted by Crippen LogP contribution is 2.24. The van der Waals surface area contributed by atoms with E-state index in [0.717, 1.165) is 34.1 Å². The zero-order valence-corrected chi connectivity index (χ0v) is 13.9. The summed E-state index contributed by atoms with van der Waals surface area (Å²) in [6.45, 7) is 8.84. The quantitative estimate of drug-likeness (QED) is 0.785. The van der Waals surface area contributed by atoms with E-state index in [-0.39, 0.29) is 5.78 Å². The number of halogens is 1. The number of hydrogen-bond donors (Lipinski definition) is 0. The standard InChI is InChI=1S/C16H19BrN2O/c1-5-6-19-15(13(17)9-18-19)16(20)14-11(3)7-10(2)8-12(14)4/h7-9H,5-6H2,1-4H3. The van der Waals surface area contributed by atoms with Gasteiger partial charge in [0.2, 0.25) is 5.78 Å². The highest BCUT2D eigenvalue weighted by atomic mass is 79.9. The Hall–Kier alpha value is -1.42. The maximum absolute atomic E-state index is 12.9. The summed E-state index contributed by atoms with van der Waals surface area (Å²) in [5.74, 6) is 0.0397. The van der Waals surface area contributed by atoms with Gasteiger partial charge in [0.25, 0.3) is 0 Å². The van der Waals surface area contributed by atoms with Crippen LogP contribution in [-0.2, 0) is 6.54 Å². The van der Waals surface area contributed by atoms with Gasteiger partial charge in [0.05, 0.1) is 10.7 Å². The summed E-state index contributed by atoms with van der Waals surface area (Å²) < 4.78 is 2.54. The molecule has 0 N–H and O–H groups in total. The molecule has 3 nitrogen and oxygen atoms in total. The molecule has 0 atom stereocenters. The molecule has 0 saturated heterocycles. The van der Waals surface area contributed by atoms with Crippen molar-refractivity contribution in [2.24, 2.45) is 0 Å². The molecule has 0 bridgehead atoms. The fraction of sp³-hybridized carbons (Fsp3) is 0.375. The predicted octanol–water partition coefficient (Wildman–Crippen LogP) is 4.21. The second kappa shape index (κ2) is 5.92. The Bertz CT molecular complexity index is 635. The summed E-state index contributed by atoms with van der Waals surface area (Å²) in [5, 5.41) is 4.28. The summed E-state index contributed by atoms with van der Waals surface area (Å²) in [5.41, 5.74) is 4.64. The van der Waals surface area contributed by atoms with Crippen LogP contribution >= 0.6 is 15.9 Å². The molecule has 2 aromatic rings. The number of benzene rings is 1. The first-order valence-corrected chi connectivity index (χ1v) is 7.58. The first-order valence-electron chi connectivity index (χ1n) is 6.79. The van der Waals surface area contributed by atoms with Crippen LogP contribution in [0.5, 0.6) is 0 Å². The van der Waals surface area contributed by atoms with Crippen LogP contribution in [-0.4, -0.2) is 15.6 Å². The second-order valence-electron chi connectivity index (χ2n) is 5.17. The molecule has 0 spiro atoms. The van der Waals surface area contributed by atoms with Gasteiger partial charge in [0.15, 0.2) is 0 Å². The Balaban J connectivity index is 2.55. The number of hydrogen-bond acceptors (Lipinski definition) is 2. The van der Waals surface area contributed by atoms with Crippen molar-refractivity contribution in [2.75, 3.05) is 0 Å². The Kier molecular flexibility index (Phi) is 4.43. The molecule has 0 aliphatic carbocycles. The lowest BCUT2D eigenvalue weighted by atomic mass is 9.95. The molecule has 0 fully saturated rings. The average Bonchev–Trinajstić information content (AvgIpc) is 2.69.